The summed E-state index contributed by atoms with van der Waals surface area (Å²) in [5, 5.41) is 18.1. The molecule has 0 radical (unpaired) electrons. The summed E-state index contributed by atoms with van der Waals surface area (Å²) in [6, 6.07) is 19.2. The Bertz CT molecular complexity index is 1110. The van der Waals surface area contributed by atoms with Crippen LogP contribution in [0.25, 0.3) is 0 Å². The number of oxime groups is 1. The van der Waals surface area contributed by atoms with E-state index in [1.54, 1.807) is 36.4 Å². The van der Waals surface area contributed by atoms with Crippen molar-refractivity contribution in [3.05, 3.63) is 83.4 Å². The number of amides is 1. The number of hydrogen-bond donors (Lipinski definition) is 4. The molecule has 0 saturated carbocycles. The fraction of sp³-hybridized carbons (Fsp3) is 0.200. The summed E-state index contributed by atoms with van der Waals surface area (Å²) in [6.45, 7) is 0.366. The third-order valence-electron chi connectivity index (χ3n) is 5.19. The molecule has 0 spiro atoms. The number of rotatable bonds is 10. The molecule has 9 heteroatoms. The van der Waals surface area contributed by atoms with E-state index in [9.17, 15) is 4.79 Å². The molecule has 0 aliphatic carbocycles. The molecule has 0 aliphatic heterocycles. The summed E-state index contributed by atoms with van der Waals surface area (Å²) in [5.74, 6) is 1.04. The Balaban J connectivity index is 1.95. The average Bonchev–Trinajstić information content (AvgIpc) is 2.89. The monoisotopic (exact) mass is 464 g/mol. The van der Waals surface area contributed by atoms with Crippen LogP contribution in [0.3, 0.4) is 0 Å². The van der Waals surface area contributed by atoms with Crippen LogP contribution in [-0.2, 0) is 11.3 Å². The number of ether oxygens (including phenoxy) is 3. The highest BCUT2D eigenvalue weighted by atomic mass is 16.5. The molecule has 0 heterocycles. The van der Waals surface area contributed by atoms with Gasteiger partial charge in [-0.25, -0.2) is 0 Å². The lowest BCUT2D eigenvalue weighted by Gasteiger charge is -2.22. The molecule has 9 nitrogen and oxygen atoms in total. The van der Waals surface area contributed by atoms with Gasteiger partial charge >= 0.3 is 0 Å². The molecular formula is C25H28N4O5. The molecule has 3 aromatic rings. The van der Waals surface area contributed by atoms with E-state index in [1.807, 2.05) is 30.3 Å². The zero-order chi connectivity index (χ0) is 24.5. The highest BCUT2D eigenvalue weighted by Crippen LogP contribution is 2.40. The molecule has 1 amide bonds. The zero-order valence-electron chi connectivity index (χ0n) is 19.2. The predicted molar refractivity (Wildman–Crippen MR) is 130 cm³/mol. The van der Waals surface area contributed by atoms with E-state index in [0.717, 1.165) is 5.56 Å². The Hall–Kier alpha value is -4.40. The smallest absolute Gasteiger partial charge is 0.247 e. The van der Waals surface area contributed by atoms with Crippen molar-refractivity contribution in [1.29, 1.82) is 0 Å². The average molecular weight is 465 g/mol. The minimum absolute atomic E-state index is 0.00617. The summed E-state index contributed by atoms with van der Waals surface area (Å²) in [4.78, 5) is 13.3. The van der Waals surface area contributed by atoms with Gasteiger partial charge in [-0.1, -0.05) is 35.5 Å². The Kier molecular flexibility index (Phi) is 8.17. The van der Waals surface area contributed by atoms with Crippen LogP contribution >= 0.6 is 0 Å². The van der Waals surface area contributed by atoms with Gasteiger partial charge in [0.2, 0.25) is 11.7 Å². The van der Waals surface area contributed by atoms with Crippen LogP contribution in [0.1, 0.15) is 22.7 Å². The number of methoxy groups -OCH3 is 3. The maximum atomic E-state index is 13.3. The van der Waals surface area contributed by atoms with Gasteiger partial charge in [0.25, 0.3) is 0 Å². The molecule has 5 N–H and O–H groups in total. The Morgan fingerprint density at radius 2 is 1.59 bits per heavy atom. The van der Waals surface area contributed by atoms with Crippen molar-refractivity contribution < 1.29 is 24.2 Å². The molecule has 3 rings (SSSR count). The number of nitrogens with two attached hydrogens (primary N) is 1. The van der Waals surface area contributed by atoms with Gasteiger partial charge in [-0.05, 0) is 47.5 Å². The second-order valence-corrected chi connectivity index (χ2v) is 7.30. The molecule has 0 fully saturated rings. The van der Waals surface area contributed by atoms with Crippen LogP contribution in [0.2, 0.25) is 0 Å². The molecule has 34 heavy (non-hydrogen) atoms. The second kappa shape index (κ2) is 11.5. The van der Waals surface area contributed by atoms with Gasteiger partial charge in [0, 0.05) is 17.8 Å². The van der Waals surface area contributed by atoms with Gasteiger partial charge in [0.1, 0.15) is 6.04 Å². The van der Waals surface area contributed by atoms with Crippen LogP contribution in [0.5, 0.6) is 17.2 Å². The highest BCUT2D eigenvalue weighted by molar-refractivity contribution is 5.97. The molecule has 178 valence electrons. The van der Waals surface area contributed by atoms with Crippen molar-refractivity contribution in [3.63, 3.8) is 0 Å². The van der Waals surface area contributed by atoms with Gasteiger partial charge in [-0.15, -0.1) is 0 Å². The lowest BCUT2D eigenvalue weighted by Crippen LogP contribution is -2.33. The van der Waals surface area contributed by atoms with E-state index in [0.29, 0.717) is 40.6 Å². The first-order chi connectivity index (χ1) is 16.5. The number of nitrogens with one attached hydrogen (secondary N) is 2. The Morgan fingerprint density at radius 3 is 2.12 bits per heavy atom. The number of nitrogens with zero attached hydrogens (tertiary/aromatic N) is 1. The molecule has 0 unspecified atom stereocenters. The van der Waals surface area contributed by atoms with E-state index in [2.05, 4.69) is 15.8 Å². The third-order valence-corrected chi connectivity index (χ3v) is 5.19. The summed E-state index contributed by atoms with van der Waals surface area (Å²) < 4.78 is 16.3. The zero-order valence-corrected chi connectivity index (χ0v) is 19.2. The molecule has 1 atom stereocenters. The maximum absolute atomic E-state index is 13.3. The molecule has 3 aromatic carbocycles. The lowest BCUT2D eigenvalue weighted by atomic mass is 10.0. The van der Waals surface area contributed by atoms with Gasteiger partial charge < -0.3 is 35.8 Å². The van der Waals surface area contributed by atoms with Crippen molar-refractivity contribution in [2.24, 2.45) is 10.9 Å². The predicted octanol–water partition coefficient (Wildman–Crippen LogP) is 3.28. The summed E-state index contributed by atoms with van der Waals surface area (Å²) in [6.07, 6.45) is 0. The van der Waals surface area contributed by atoms with E-state index in [-0.39, 0.29) is 11.7 Å². The third kappa shape index (κ3) is 5.69. The Morgan fingerprint density at radius 1 is 0.971 bits per heavy atom. The van der Waals surface area contributed by atoms with E-state index in [4.69, 9.17) is 25.2 Å². The first kappa shape index (κ1) is 24.2. The minimum Gasteiger partial charge on any atom is -0.493 e. The standard InChI is InChI=1S/C25H28N4O5/c1-32-20-13-18(14-21(33-2)23(20)34-3)22(25(30)27-15-16-7-5-4-6-8-16)28-19-11-9-17(10-12-19)24(26)29-31/h4-14,22,28,31H,15H2,1-3H3,(H2,26,29)(H,27,30)/t22-/m1/s1. The van der Waals surface area contributed by atoms with Crippen LogP contribution < -0.4 is 30.6 Å². The van der Waals surface area contributed by atoms with E-state index in [1.165, 1.54) is 21.3 Å². The molecule has 0 aromatic heterocycles. The first-order valence-corrected chi connectivity index (χ1v) is 10.5. The van der Waals surface area contributed by atoms with Crippen molar-refractivity contribution >= 4 is 17.4 Å². The number of benzene rings is 3. The summed E-state index contributed by atoms with van der Waals surface area (Å²) in [5.41, 5.74) is 8.44. The van der Waals surface area contributed by atoms with Gasteiger partial charge in [0.05, 0.1) is 21.3 Å². The van der Waals surface area contributed by atoms with E-state index < -0.39 is 6.04 Å². The van der Waals surface area contributed by atoms with Gasteiger partial charge in [-0.3, -0.25) is 4.79 Å². The summed E-state index contributed by atoms with van der Waals surface area (Å²) >= 11 is 0. The number of carbonyl (C=O) groups is 1. The lowest BCUT2D eigenvalue weighted by molar-refractivity contribution is -0.122. The van der Waals surface area contributed by atoms with Gasteiger partial charge in [-0.2, -0.15) is 0 Å². The van der Waals surface area contributed by atoms with Crippen molar-refractivity contribution in [3.8, 4) is 17.2 Å². The maximum Gasteiger partial charge on any atom is 0.247 e. The largest absolute Gasteiger partial charge is 0.493 e. The van der Waals surface area contributed by atoms with Gasteiger partial charge in [0.15, 0.2) is 17.3 Å². The van der Waals surface area contributed by atoms with Crippen LogP contribution in [0, 0.1) is 0 Å². The van der Waals surface area contributed by atoms with Crippen molar-refractivity contribution in [2.45, 2.75) is 12.6 Å². The number of amidine groups is 1. The van der Waals surface area contributed by atoms with Crippen molar-refractivity contribution in [2.75, 3.05) is 26.6 Å². The molecular weight excluding hydrogens is 436 g/mol. The molecule has 0 aliphatic rings. The van der Waals surface area contributed by atoms with Crippen molar-refractivity contribution in [1.82, 2.24) is 5.32 Å². The number of hydrogen-bond acceptors (Lipinski definition) is 7. The fourth-order valence-corrected chi connectivity index (χ4v) is 3.42. The van der Waals surface area contributed by atoms with Crippen LogP contribution in [0.15, 0.2) is 71.9 Å². The van der Waals surface area contributed by atoms with Crippen LogP contribution in [-0.4, -0.2) is 38.3 Å². The van der Waals surface area contributed by atoms with Crippen LogP contribution in [0.4, 0.5) is 5.69 Å². The molecule has 0 saturated heterocycles. The first-order valence-electron chi connectivity index (χ1n) is 10.5. The highest BCUT2D eigenvalue weighted by Gasteiger charge is 2.24. The number of anilines is 1. The molecule has 0 bridgehead atoms. The number of carbonyl (C=O) groups excluding carboxylic acids is 1. The normalized spacial score (nSPS) is 11.9. The topological polar surface area (TPSA) is 127 Å². The minimum atomic E-state index is -0.785. The second-order valence-electron chi connectivity index (χ2n) is 7.30. The quantitative estimate of drug-likeness (QED) is 0.157. The van der Waals surface area contributed by atoms with E-state index >= 15 is 0 Å². The Labute approximate surface area is 198 Å². The SMILES string of the molecule is COc1cc([C@@H](Nc2ccc(C(N)=NO)cc2)C(=O)NCc2ccccc2)cc(OC)c1OC. The fourth-order valence-electron chi connectivity index (χ4n) is 3.42. The summed E-state index contributed by atoms with van der Waals surface area (Å²) in [7, 11) is 4.56.